The molecule has 0 N–H and O–H groups in total. The number of hydrogen-bond donors (Lipinski definition) is 0. The number of thiocarbonyl (C=S) groups is 1. The summed E-state index contributed by atoms with van der Waals surface area (Å²) in [6.07, 6.45) is 2.67. The number of rotatable bonds is 8. The molecule has 0 spiro atoms. The van der Waals surface area contributed by atoms with Gasteiger partial charge >= 0.3 is 0 Å². The molecule has 3 heteroatoms. The molecule has 90 valence electrons. The van der Waals surface area contributed by atoms with Crippen LogP contribution < -0.4 is 0 Å². The van der Waals surface area contributed by atoms with Crippen molar-refractivity contribution < 1.29 is 0 Å². The molecule has 0 rings (SSSR count). The SMILES string of the molecule is CCCCSCCSCC(=S)C(C)(C)C. The van der Waals surface area contributed by atoms with Gasteiger partial charge in [-0.25, -0.2) is 0 Å². The second-order valence-corrected chi connectivity index (χ2v) is 7.51. The van der Waals surface area contributed by atoms with Crippen LogP contribution in [0.25, 0.3) is 0 Å². The van der Waals surface area contributed by atoms with Gasteiger partial charge < -0.3 is 0 Å². The first-order chi connectivity index (χ1) is 6.98. The minimum atomic E-state index is 0.206. The summed E-state index contributed by atoms with van der Waals surface area (Å²) in [5.41, 5.74) is 0.206. The third-order valence-corrected chi connectivity index (χ3v) is 5.34. The van der Waals surface area contributed by atoms with Crippen LogP contribution in [0.4, 0.5) is 0 Å². The summed E-state index contributed by atoms with van der Waals surface area (Å²) in [5.74, 6) is 4.88. The first-order valence-electron chi connectivity index (χ1n) is 5.67. The second kappa shape index (κ2) is 8.89. The highest BCUT2D eigenvalue weighted by molar-refractivity contribution is 8.03. The van der Waals surface area contributed by atoms with E-state index in [-0.39, 0.29) is 5.41 Å². The van der Waals surface area contributed by atoms with Gasteiger partial charge in [0.05, 0.1) is 0 Å². The first-order valence-corrected chi connectivity index (χ1v) is 8.39. The molecule has 0 aliphatic carbocycles. The summed E-state index contributed by atoms with van der Waals surface area (Å²) < 4.78 is 0. The summed E-state index contributed by atoms with van der Waals surface area (Å²) in [6.45, 7) is 8.85. The van der Waals surface area contributed by atoms with E-state index in [0.717, 1.165) is 5.75 Å². The Morgan fingerprint density at radius 3 is 2.20 bits per heavy atom. The minimum absolute atomic E-state index is 0.206. The summed E-state index contributed by atoms with van der Waals surface area (Å²) in [5, 5.41) is 0. The molecule has 0 amide bonds. The van der Waals surface area contributed by atoms with Gasteiger partial charge in [-0.3, -0.25) is 0 Å². The third kappa shape index (κ3) is 9.70. The molecule has 0 aliphatic rings. The summed E-state index contributed by atoms with van der Waals surface area (Å²) in [4.78, 5) is 1.20. The summed E-state index contributed by atoms with van der Waals surface area (Å²) in [6, 6.07) is 0. The van der Waals surface area contributed by atoms with Crippen LogP contribution >= 0.6 is 35.7 Å². The Kier molecular flexibility index (Phi) is 9.35. The molecule has 0 nitrogen and oxygen atoms in total. The Balaban J connectivity index is 3.28. The lowest BCUT2D eigenvalue weighted by Gasteiger charge is -2.19. The number of thioether (sulfide) groups is 2. The van der Waals surface area contributed by atoms with Gasteiger partial charge in [0.1, 0.15) is 0 Å². The van der Waals surface area contributed by atoms with E-state index in [1.807, 2.05) is 11.8 Å². The van der Waals surface area contributed by atoms with Crippen molar-refractivity contribution in [1.29, 1.82) is 0 Å². The van der Waals surface area contributed by atoms with E-state index in [0.29, 0.717) is 0 Å². The Morgan fingerprint density at radius 1 is 1.07 bits per heavy atom. The zero-order chi connectivity index (χ0) is 11.7. The van der Waals surface area contributed by atoms with Crippen molar-refractivity contribution in [2.75, 3.05) is 23.0 Å². The third-order valence-electron chi connectivity index (χ3n) is 2.08. The van der Waals surface area contributed by atoms with E-state index in [9.17, 15) is 0 Å². The van der Waals surface area contributed by atoms with E-state index < -0.39 is 0 Å². The first kappa shape index (κ1) is 15.8. The van der Waals surface area contributed by atoms with Crippen LogP contribution in [0.1, 0.15) is 40.5 Å². The molecule has 0 aromatic heterocycles. The summed E-state index contributed by atoms with van der Waals surface area (Å²) >= 11 is 9.44. The number of unbranched alkanes of at least 4 members (excludes halogenated alkanes) is 1. The van der Waals surface area contributed by atoms with Crippen LogP contribution in [0, 0.1) is 5.41 Å². The zero-order valence-corrected chi connectivity index (χ0v) is 12.9. The fraction of sp³-hybridized carbons (Fsp3) is 0.917. The quantitative estimate of drug-likeness (QED) is 0.462. The fourth-order valence-corrected chi connectivity index (χ4v) is 3.50. The van der Waals surface area contributed by atoms with Crippen molar-refractivity contribution in [3.8, 4) is 0 Å². The number of hydrogen-bond acceptors (Lipinski definition) is 3. The topological polar surface area (TPSA) is 0 Å². The van der Waals surface area contributed by atoms with Crippen LogP contribution in [0.3, 0.4) is 0 Å². The van der Waals surface area contributed by atoms with Gasteiger partial charge in [0.2, 0.25) is 0 Å². The van der Waals surface area contributed by atoms with Crippen molar-refractivity contribution in [3.63, 3.8) is 0 Å². The van der Waals surface area contributed by atoms with Crippen molar-refractivity contribution in [1.82, 2.24) is 0 Å². The second-order valence-electron chi connectivity index (χ2n) is 4.69. The van der Waals surface area contributed by atoms with E-state index >= 15 is 0 Å². The maximum Gasteiger partial charge on any atom is 0.0254 e. The molecule has 0 saturated carbocycles. The Morgan fingerprint density at radius 2 is 1.67 bits per heavy atom. The molecular weight excluding hydrogens is 240 g/mol. The predicted molar refractivity (Wildman–Crippen MR) is 81.6 cm³/mol. The lowest BCUT2D eigenvalue weighted by Crippen LogP contribution is -2.20. The molecule has 0 atom stereocenters. The van der Waals surface area contributed by atoms with Crippen LogP contribution in [0.5, 0.6) is 0 Å². The molecule has 0 saturated heterocycles. The minimum Gasteiger partial charge on any atom is -0.161 e. The van der Waals surface area contributed by atoms with Crippen LogP contribution in [-0.2, 0) is 0 Å². The van der Waals surface area contributed by atoms with Gasteiger partial charge in [0.25, 0.3) is 0 Å². The lowest BCUT2D eigenvalue weighted by atomic mass is 9.93. The van der Waals surface area contributed by atoms with Crippen molar-refractivity contribution in [2.24, 2.45) is 5.41 Å². The van der Waals surface area contributed by atoms with Gasteiger partial charge in [0, 0.05) is 22.1 Å². The van der Waals surface area contributed by atoms with Gasteiger partial charge in [-0.2, -0.15) is 23.5 Å². The predicted octanol–water partition coefficient (Wildman–Crippen LogP) is 4.67. The molecule has 0 radical (unpaired) electrons. The van der Waals surface area contributed by atoms with Gasteiger partial charge in [-0.15, -0.1) is 0 Å². The maximum absolute atomic E-state index is 5.38. The molecule has 0 aliphatic heterocycles. The van der Waals surface area contributed by atoms with Crippen molar-refractivity contribution in [2.45, 2.75) is 40.5 Å². The summed E-state index contributed by atoms with van der Waals surface area (Å²) in [7, 11) is 0. The average molecular weight is 265 g/mol. The van der Waals surface area contributed by atoms with E-state index in [1.54, 1.807) is 0 Å². The molecule has 0 aromatic rings. The highest BCUT2D eigenvalue weighted by atomic mass is 32.2. The Labute approximate surface area is 109 Å². The molecule has 0 aromatic carbocycles. The fourth-order valence-electron chi connectivity index (χ4n) is 0.848. The molecule has 0 unspecified atom stereocenters. The van der Waals surface area contributed by atoms with E-state index in [4.69, 9.17) is 12.2 Å². The molecule has 15 heavy (non-hydrogen) atoms. The van der Waals surface area contributed by atoms with E-state index in [2.05, 4.69) is 39.5 Å². The van der Waals surface area contributed by atoms with Crippen LogP contribution in [0.15, 0.2) is 0 Å². The van der Waals surface area contributed by atoms with E-state index in [1.165, 1.54) is 35.0 Å². The standard InChI is InChI=1S/C12H24S3/c1-5-6-7-14-8-9-15-10-11(13)12(2,3)4/h5-10H2,1-4H3. The van der Waals surface area contributed by atoms with Crippen molar-refractivity contribution >= 4 is 40.6 Å². The molecule has 0 fully saturated rings. The van der Waals surface area contributed by atoms with Gasteiger partial charge in [-0.1, -0.05) is 46.3 Å². The Bertz CT molecular complexity index is 170. The monoisotopic (exact) mass is 264 g/mol. The largest absolute Gasteiger partial charge is 0.161 e. The maximum atomic E-state index is 5.38. The normalized spacial score (nSPS) is 11.7. The molecule has 0 bridgehead atoms. The Hall–Kier alpha value is 0.790. The van der Waals surface area contributed by atoms with Crippen LogP contribution in [-0.4, -0.2) is 27.9 Å². The average Bonchev–Trinajstić information content (AvgIpc) is 2.14. The van der Waals surface area contributed by atoms with Crippen LogP contribution in [0.2, 0.25) is 0 Å². The smallest absolute Gasteiger partial charge is 0.0254 e. The molecular formula is C12H24S3. The lowest BCUT2D eigenvalue weighted by molar-refractivity contribution is 0.599. The highest BCUT2D eigenvalue weighted by Gasteiger charge is 2.15. The zero-order valence-electron chi connectivity index (χ0n) is 10.5. The van der Waals surface area contributed by atoms with Crippen molar-refractivity contribution in [3.05, 3.63) is 0 Å². The van der Waals surface area contributed by atoms with Gasteiger partial charge in [-0.05, 0) is 17.6 Å². The van der Waals surface area contributed by atoms with Gasteiger partial charge in [0.15, 0.2) is 0 Å². The highest BCUT2D eigenvalue weighted by Crippen LogP contribution is 2.20. The molecule has 0 heterocycles.